The fraction of sp³-hybridized carbons (Fsp3) is 0.273. The van der Waals surface area contributed by atoms with Crippen molar-refractivity contribution in [1.82, 2.24) is 15.0 Å². The molecule has 3 heterocycles. The number of aromatic nitrogens is 3. The maximum Gasteiger partial charge on any atom is 0.259 e. The Kier molecular flexibility index (Phi) is 6.03. The highest BCUT2D eigenvalue weighted by Gasteiger charge is 2.21. The molecule has 0 radical (unpaired) electrons. The molecule has 1 amide bonds. The van der Waals surface area contributed by atoms with Crippen LogP contribution in [0.15, 0.2) is 28.4 Å². The standard InChI is InChI=1S/C22H18Cl2N4O2S2/c23-12-5-4-11(15(24)9-12)8-13-10-31-22(25-13)28-18(29)7-6-17-26-20(30)19-14-2-1-3-16(14)32-21(19)27-17/h4-5,9-10H,1-3,6-8H2,(H,25,28,29)(H,26,27,30). The van der Waals surface area contributed by atoms with Crippen LogP contribution in [0.2, 0.25) is 10.0 Å². The Balaban J connectivity index is 1.21. The van der Waals surface area contributed by atoms with Crippen LogP contribution in [0.4, 0.5) is 5.13 Å². The predicted molar refractivity (Wildman–Crippen MR) is 131 cm³/mol. The highest BCUT2D eigenvalue weighted by molar-refractivity contribution is 7.18. The van der Waals surface area contributed by atoms with Crippen molar-refractivity contribution in [3.8, 4) is 0 Å². The molecule has 164 valence electrons. The first-order chi connectivity index (χ1) is 15.5. The van der Waals surface area contributed by atoms with Crippen molar-refractivity contribution in [2.24, 2.45) is 0 Å². The van der Waals surface area contributed by atoms with Gasteiger partial charge in [0.25, 0.3) is 5.56 Å². The summed E-state index contributed by atoms with van der Waals surface area (Å²) in [5.74, 6) is 0.363. The monoisotopic (exact) mass is 504 g/mol. The first-order valence-electron chi connectivity index (χ1n) is 10.2. The summed E-state index contributed by atoms with van der Waals surface area (Å²) >= 11 is 15.1. The zero-order valence-electron chi connectivity index (χ0n) is 16.8. The molecule has 1 aromatic carbocycles. The van der Waals surface area contributed by atoms with Crippen LogP contribution in [-0.4, -0.2) is 20.9 Å². The topological polar surface area (TPSA) is 87.7 Å². The zero-order chi connectivity index (χ0) is 22.2. The molecule has 0 unspecified atom stereocenters. The molecular weight excluding hydrogens is 487 g/mol. The lowest BCUT2D eigenvalue weighted by Gasteiger charge is -2.03. The van der Waals surface area contributed by atoms with Gasteiger partial charge in [-0.3, -0.25) is 9.59 Å². The maximum atomic E-state index is 12.5. The van der Waals surface area contributed by atoms with Gasteiger partial charge in [-0.1, -0.05) is 29.3 Å². The normalized spacial score (nSPS) is 12.9. The summed E-state index contributed by atoms with van der Waals surface area (Å²) in [5.41, 5.74) is 2.79. The van der Waals surface area contributed by atoms with Crippen molar-refractivity contribution in [1.29, 1.82) is 0 Å². The fourth-order valence-electron chi connectivity index (χ4n) is 3.88. The number of carbonyl (C=O) groups is 1. The van der Waals surface area contributed by atoms with E-state index in [1.54, 1.807) is 23.5 Å². The number of thiazole rings is 1. The Morgan fingerprint density at radius 1 is 1.22 bits per heavy atom. The second-order valence-electron chi connectivity index (χ2n) is 7.65. The summed E-state index contributed by atoms with van der Waals surface area (Å²) in [4.78, 5) is 38.9. The molecule has 0 aliphatic heterocycles. The number of hydrogen-bond donors (Lipinski definition) is 2. The van der Waals surface area contributed by atoms with Gasteiger partial charge < -0.3 is 10.3 Å². The Morgan fingerprint density at radius 3 is 2.94 bits per heavy atom. The number of nitrogens with zero attached hydrogens (tertiary/aromatic N) is 2. The molecule has 32 heavy (non-hydrogen) atoms. The number of nitrogens with one attached hydrogen (secondary N) is 2. The number of amides is 1. The maximum absolute atomic E-state index is 12.5. The van der Waals surface area contributed by atoms with Gasteiger partial charge in [-0.2, -0.15) is 0 Å². The Hall–Kier alpha value is -2.26. The molecule has 0 saturated heterocycles. The minimum Gasteiger partial charge on any atom is -0.310 e. The molecule has 2 N–H and O–H groups in total. The smallest absolute Gasteiger partial charge is 0.259 e. The van der Waals surface area contributed by atoms with Crippen LogP contribution in [0.25, 0.3) is 10.2 Å². The van der Waals surface area contributed by atoms with Gasteiger partial charge in [-0.05, 0) is 42.5 Å². The van der Waals surface area contributed by atoms with Crippen molar-refractivity contribution < 1.29 is 4.79 Å². The lowest BCUT2D eigenvalue weighted by molar-refractivity contribution is -0.116. The number of thiophene rings is 1. The van der Waals surface area contributed by atoms with Gasteiger partial charge in [-0.25, -0.2) is 9.97 Å². The zero-order valence-corrected chi connectivity index (χ0v) is 20.0. The average molecular weight is 505 g/mol. The number of aromatic amines is 1. The van der Waals surface area contributed by atoms with Gasteiger partial charge in [0.15, 0.2) is 5.13 Å². The molecule has 4 aromatic rings. The van der Waals surface area contributed by atoms with E-state index in [1.807, 2.05) is 11.4 Å². The first kappa shape index (κ1) is 21.6. The third-order valence-electron chi connectivity index (χ3n) is 5.40. The summed E-state index contributed by atoms with van der Waals surface area (Å²) in [5, 5.41) is 7.15. The third-order valence-corrected chi connectivity index (χ3v) is 7.98. The number of hydrogen-bond acceptors (Lipinski definition) is 6. The lowest BCUT2D eigenvalue weighted by Crippen LogP contribution is -2.16. The highest BCUT2D eigenvalue weighted by Crippen LogP contribution is 2.34. The molecule has 3 aromatic heterocycles. The van der Waals surface area contributed by atoms with Gasteiger partial charge in [0.1, 0.15) is 10.7 Å². The number of halogens is 2. The number of aryl methyl sites for hydroxylation is 3. The van der Waals surface area contributed by atoms with Crippen molar-refractivity contribution in [3.05, 3.63) is 71.5 Å². The number of carbonyl (C=O) groups excluding carboxylic acids is 1. The summed E-state index contributed by atoms with van der Waals surface area (Å²) in [7, 11) is 0. The van der Waals surface area contributed by atoms with Crippen LogP contribution in [0.3, 0.4) is 0 Å². The molecule has 1 aliphatic rings. The van der Waals surface area contributed by atoms with Crippen LogP contribution in [0.5, 0.6) is 0 Å². The van der Waals surface area contributed by atoms with E-state index in [0.29, 0.717) is 33.8 Å². The van der Waals surface area contributed by atoms with Gasteiger partial charge in [0, 0.05) is 39.6 Å². The van der Waals surface area contributed by atoms with Gasteiger partial charge >= 0.3 is 0 Å². The van der Waals surface area contributed by atoms with Crippen molar-refractivity contribution in [2.75, 3.05) is 5.32 Å². The van der Waals surface area contributed by atoms with E-state index in [-0.39, 0.29) is 17.9 Å². The molecule has 0 spiro atoms. The second-order valence-corrected chi connectivity index (χ2v) is 10.4. The molecule has 10 heteroatoms. The SMILES string of the molecule is O=C(CCc1nc2sc3c(c2c(=O)[nH]1)CCC3)Nc1nc(Cc2ccc(Cl)cc2Cl)cs1. The summed E-state index contributed by atoms with van der Waals surface area (Å²) in [6, 6.07) is 5.36. The van der Waals surface area contributed by atoms with E-state index < -0.39 is 0 Å². The molecule has 5 rings (SSSR count). The lowest BCUT2D eigenvalue weighted by atomic mass is 10.1. The Labute approximate surface area is 201 Å². The number of benzene rings is 1. The number of H-pyrrole nitrogens is 1. The largest absolute Gasteiger partial charge is 0.310 e. The van der Waals surface area contributed by atoms with Crippen molar-refractivity contribution in [2.45, 2.75) is 38.5 Å². The molecule has 1 aliphatic carbocycles. The van der Waals surface area contributed by atoms with Crippen LogP contribution in [0, 0.1) is 0 Å². The quantitative estimate of drug-likeness (QED) is 0.368. The fourth-order valence-corrected chi connectivity index (χ4v) is 6.37. The molecular formula is C22H18Cl2N4O2S2. The first-order valence-corrected chi connectivity index (χ1v) is 12.6. The Morgan fingerprint density at radius 2 is 2.09 bits per heavy atom. The molecule has 0 bridgehead atoms. The van der Waals surface area contributed by atoms with E-state index >= 15 is 0 Å². The van der Waals surface area contributed by atoms with Crippen LogP contribution < -0.4 is 10.9 Å². The molecule has 0 saturated carbocycles. The van der Waals surface area contributed by atoms with Crippen LogP contribution in [0.1, 0.15) is 40.4 Å². The Bertz CT molecular complexity index is 1390. The summed E-state index contributed by atoms with van der Waals surface area (Å²) in [6.07, 6.45) is 4.19. The highest BCUT2D eigenvalue weighted by atomic mass is 35.5. The van der Waals surface area contributed by atoms with Gasteiger partial charge in [0.05, 0.1) is 11.1 Å². The molecule has 0 atom stereocenters. The van der Waals surface area contributed by atoms with Gasteiger partial charge in [-0.15, -0.1) is 22.7 Å². The minimum atomic E-state index is -0.174. The summed E-state index contributed by atoms with van der Waals surface area (Å²) in [6.45, 7) is 0. The van der Waals surface area contributed by atoms with Gasteiger partial charge in [0.2, 0.25) is 5.91 Å². The third kappa shape index (κ3) is 4.45. The second kappa shape index (κ2) is 8.94. The van der Waals surface area contributed by atoms with E-state index in [9.17, 15) is 9.59 Å². The van der Waals surface area contributed by atoms with Crippen LogP contribution >= 0.6 is 45.9 Å². The van der Waals surface area contributed by atoms with E-state index in [4.69, 9.17) is 23.2 Å². The van der Waals surface area contributed by atoms with Crippen molar-refractivity contribution >= 4 is 67.1 Å². The van der Waals surface area contributed by atoms with Crippen molar-refractivity contribution in [3.63, 3.8) is 0 Å². The predicted octanol–water partition coefficient (Wildman–Crippen LogP) is 5.40. The molecule has 6 nitrogen and oxygen atoms in total. The van der Waals surface area contributed by atoms with E-state index in [0.717, 1.165) is 46.3 Å². The summed E-state index contributed by atoms with van der Waals surface area (Å²) < 4.78 is 0. The van der Waals surface area contributed by atoms with E-state index in [2.05, 4.69) is 20.3 Å². The number of fused-ring (bicyclic) bond motifs is 3. The van der Waals surface area contributed by atoms with Crippen LogP contribution in [-0.2, 0) is 30.5 Å². The molecule has 0 fully saturated rings. The number of rotatable bonds is 6. The average Bonchev–Trinajstić information content (AvgIpc) is 3.45. The minimum absolute atomic E-state index is 0.102. The number of anilines is 1. The van der Waals surface area contributed by atoms with E-state index in [1.165, 1.54) is 16.2 Å².